The summed E-state index contributed by atoms with van der Waals surface area (Å²) >= 11 is 16.3. The van der Waals surface area contributed by atoms with E-state index in [2.05, 4.69) is 0 Å². The Hall–Kier alpha value is 0.300. The maximum absolute atomic E-state index is 10.7. The number of rotatable bonds is 4. The first-order valence-corrected chi connectivity index (χ1v) is 4.40. The van der Waals surface area contributed by atoms with Crippen molar-refractivity contribution in [2.24, 2.45) is 5.92 Å². The van der Waals surface area contributed by atoms with Gasteiger partial charge in [0.2, 0.25) is 5.00 Å². The van der Waals surface area contributed by atoms with Crippen molar-refractivity contribution in [1.29, 1.82) is 0 Å². The molecule has 1 atom stereocenters. The van der Waals surface area contributed by atoms with Gasteiger partial charge in [-0.1, -0.05) is 29.4 Å². The molecule has 0 rings (SSSR count). The lowest BCUT2D eigenvalue weighted by Crippen LogP contribution is -2.42. The van der Waals surface area contributed by atoms with E-state index in [0.717, 1.165) is 0 Å². The van der Waals surface area contributed by atoms with Crippen LogP contribution in [-0.2, 0) is 4.79 Å². The van der Waals surface area contributed by atoms with Crippen LogP contribution in [0.4, 0.5) is 0 Å². The molecular weight excluding hydrogens is 224 g/mol. The van der Waals surface area contributed by atoms with Crippen molar-refractivity contribution in [3.63, 3.8) is 0 Å². The van der Waals surface area contributed by atoms with Gasteiger partial charge in [-0.25, -0.2) is 4.79 Å². The van der Waals surface area contributed by atoms with Crippen molar-refractivity contribution in [2.75, 3.05) is 0 Å². The zero-order chi connectivity index (χ0) is 9.94. The monoisotopic (exact) mass is 233 g/mol. The number of carboxylic acid groups (broad SMARTS) is 1. The SMILES string of the molecule is CC(C)CC(Cl)(C(=O)O)N(Cl)Cl. The Labute approximate surface area is 86.4 Å². The van der Waals surface area contributed by atoms with E-state index in [0.29, 0.717) is 3.94 Å². The number of carboxylic acids is 1. The van der Waals surface area contributed by atoms with Crippen LogP contribution in [0.1, 0.15) is 20.3 Å². The second kappa shape index (κ2) is 4.51. The predicted octanol–water partition coefficient (Wildman–Crippen LogP) is 2.66. The van der Waals surface area contributed by atoms with Gasteiger partial charge in [0.1, 0.15) is 0 Å². The summed E-state index contributed by atoms with van der Waals surface area (Å²) in [6.07, 6.45) is 0.177. The van der Waals surface area contributed by atoms with E-state index < -0.39 is 11.0 Å². The number of carbonyl (C=O) groups is 1. The van der Waals surface area contributed by atoms with Gasteiger partial charge in [0, 0.05) is 0 Å². The number of aliphatic carboxylic acids is 1. The molecule has 1 N–H and O–H groups in total. The van der Waals surface area contributed by atoms with Crippen LogP contribution in [0.2, 0.25) is 0 Å². The molecule has 0 saturated heterocycles. The van der Waals surface area contributed by atoms with E-state index in [1.807, 2.05) is 13.8 Å². The van der Waals surface area contributed by atoms with Gasteiger partial charge >= 0.3 is 5.97 Å². The lowest BCUT2D eigenvalue weighted by atomic mass is 10.0. The van der Waals surface area contributed by atoms with Gasteiger partial charge in [-0.15, -0.1) is 0 Å². The third-order valence-corrected chi connectivity index (χ3v) is 2.51. The molecule has 12 heavy (non-hydrogen) atoms. The molecule has 6 heteroatoms. The maximum atomic E-state index is 10.7. The van der Waals surface area contributed by atoms with E-state index >= 15 is 0 Å². The summed E-state index contributed by atoms with van der Waals surface area (Å²) in [4.78, 5) is 8.93. The van der Waals surface area contributed by atoms with Crippen molar-refractivity contribution in [1.82, 2.24) is 3.94 Å². The molecule has 72 valence electrons. The van der Waals surface area contributed by atoms with Gasteiger partial charge in [-0.05, 0) is 35.9 Å². The smallest absolute Gasteiger partial charge is 0.342 e. The minimum Gasteiger partial charge on any atom is -0.479 e. The molecule has 1 unspecified atom stereocenters. The Morgan fingerprint density at radius 1 is 1.58 bits per heavy atom. The summed E-state index contributed by atoms with van der Waals surface area (Å²) in [6, 6.07) is 0. The summed E-state index contributed by atoms with van der Waals surface area (Å²) in [5.41, 5.74) is 0. The van der Waals surface area contributed by atoms with E-state index in [-0.39, 0.29) is 12.3 Å². The molecule has 0 aliphatic carbocycles. The average Bonchev–Trinajstić information content (AvgIpc) is 1.84. The lowest BCUT2D eigenvalue weighted by molar-refractivity contribution is -0.142. The number of hydrogen-bond donors (Lipinski definition) is 1. The topological polar surface area (TPSA) is 40.5 Å². The molecule has 0 heterocycles. The van der Waals surface area contributed by atoms with Crippen molar-refractivity contribution in [3.05, 3.63) is 0 Å². The number of hydrogen-bond acceptors (Lipinski definition) is 2. The highest BCUT2D eigenvalue weighted by Crippen LogP contribution is 2.32. The summed E-state index contributed by atoms with van der Waals surface area (Å²) in [6.45, 7) is 3.66. The fraction of sp³-hybridized carbons (Fsp3) is 0.833. The zero-order valence-electron chi connectivity index (χ0n) is 6.72. The predicted molar refractivity (Wildman–Crippen MR) is 49.2 cm³/mol. The van der Waals surface area contributed by atoms with Crippen molar-refractivity contribution < 1.29 is 9.90 Å². The van der Waals surface area contributed by atoms with Gasteiger partial charge in [0.05, 0.1) is 0 Å². The molecule has 3 nitrogen and oxygen atoms in total. The standard InChI is InChI=1S/C6H10Cl3NO2/c1-4(2)3-6(7,5(11)12)10(8)9/h4H,3H2,1-2H3,(H,11,12). The molecule has 0 saturated carbocycles. The molecular formula is C6H10Cl3NO2. The summed E-state index contributed by atoms with van der Waals surface area (Å²) in [5.74, 6) is -1.15. The minimum atomic E-state index is -1.72. The fourth-order valence-electron chi connectivity index (χ4n) is 0.770. The van der Waals surface area contributed by atoms with Crippen LogP contribution in [0.3, 0.4) is 0 Å². The van der Waals surface area contributed by atoms with Crippen LogP contribution < -0.4 is 0 Å². The van der Waals surface area contributed by atoms with E-state index in [1.165, 1.54) is 0 Å². The first-order chi connectivity index (χ1) is 5.30. The molecule has 0 radical (unpaired) electrons. The second-order valence-electron chi connectivity index (χ2n) is 2.90. The molecule has 0 fully saturated rings. The summed E-state index contributed by atoms with van der Waals surface area (Å²) in [5, 5.41) is 8.71. The van der Waals surface area contributed by atoms with Crippen LogP contribution in [0.5, 0.6) is 0 Å². The Morgan fingerprint density at radius 3 is 2.08 bits per heavy atom. The molecule has 0 aromatic carbocycles. The Morgan fingerprint density at radius 2 is 2.00 bits per heavy atom. The highest BCUT2D eigenvalue weighted by molar-refractivity contribution is 6.44. The molecule has 0 aromatic rings. The van der Waals surface area contributed by atoms with Crippen LogP contribution >= 0.6 is 35.2 Å². The van der Waals surface area contributed by atoms with Crippen LogP contribution in [0.25, 0.3) is 0 Å². The first-order valence-electron chi connectivity index (χ1n) is 3.34. The Bertz CT molecular complexity index is 174. The molecule has 0 spiro atoms. The van der Waals surface area contributed by atoms with Gasteiger partial charge in [-0.3, -0.25) is 0 Å². The first kappa shape index (κ1) is 12.3. The van der Waals surface area contributed by atoms with Crippen molar-refractivity contribution >= 4 is 41.1 Å². The third kappa shape index (κ3) is 2.98. The quantitative estimate of drug-likeness (QED) is 0.462. The van der Waals surface area contributed by atoms with Crippen LogP contribution in [-0.4, -0.2) is 20.0 Å². The normalized spacial score (nSPS) is 16.6. The number of nitrogens with zero attached hydrogens (tertiary/aromatic N) is 1. The van der Waals surface area contributed by atoms with Crippen LogP contribution in [0.15, 0.2) is 0 Å². The zero-order valence-corrected chi connectivity index (χ0v) is 8.99. The number of halogens is 3. The molecule has 0 aromatic heterocycles. The van der Waals surface area contributed by atoms with Gasteiger partial charge in [0.15, 0.2) is 0 Å². The molecule has 0 aliphatic rings. The highest BCUT2D eigenvalue weighted by Gasteiger charge is 2.42. The van der Waals surface area contributed by atoms with Crippen molar-refractivity contribution in [2.45, 2.75) is 25.3 Å². The summed E-state index contributed by atoms with van der Waals surface area (Å²) in [7, 11) is 0. The van der Waals surface area contributed by atoms with Crippen LogP contribution in [0, 0.1) is 5.92 Å². The van der Waals surface area contributed by atoms with Gasteiger partial charge in [-0.2, -0.15) is 0 Å². The van der Waals surface area contributed by atoms with E-state index in [1.54, 1.807) is 0 Å². The van der Waals surface area contributed by atoms with E-state index in [9.17, 15) is 4.79 Å². The Balaban J connectivity index is 4.51. The second-order valence-corrected chi connectivity index (χ2v) is 4.37. The third-order valence-electron chi connectivity index (χ3n) is 1.27. The summed E-state index contributed by atoms with van der Waals surface area (Å²) < 4.78 is 0.469. The highest BCUT2D eigenvalue weighted by atomic mass is 35.5. The largest absolute Gasteiger partial charge is 0.479 e. The minimum absolute atomic E-state index is 0.0959. The Kier molecular flexibility index (Phi) is 4.62. The van der Waals surface area contributed by atoms with Gasteiger partial charge < -0.3 is 5.11 Å². The van der Waals surface area contributed by atoms with Crippen molar-refractivity contribution in [3.8, 4) is 0 Å². The lowest BCUT2D eigenvalue weighted by Gasteiger charge is -2.26. The maximum Gasteiger partial charge on any atom is 0.342 e. The van der Waals surface area contributed by atoms with E-state index in [4.69, 9.17) is 40.3 Å². The average molecular weight is 235 g/mol. The molecule has 0 aliphatic heterocycles. The van der Waals surface area contributed by atoms with Gasteiger partial charge in [0.25, 0.3) is 0 Å². The molecule has 0 bridgehead atoms. The number of alkyl halides is 1. The molecule has 0 amide bonds. The fourth-order valence-corrected chi connectivity index (χ4v) is 1.36.